The van der Waals surface area contributed by atoms with Crippen molar-refractivity contribution in [3.63, 3.8) is 0 Å². The Kier molecular flexibility index (Phi) is 4.59. The third-order valence-corrected chi connectivity index (χ3v) is 7.29. The molecule has 1 aromatic heterocycles. The second kappa shape index (κ2) is 6.83. The smallest absolute Gasteiger partial charge is 0.189 e. The van der Waals surface area contributed by atoms with Crippen molar-refractivity contribution >= 4 is 33.0 Å². The number of fused-ring (bicyclic) bond motifs is 1. The van der Waals surface area contributed by atoms with E-state index in [1.807, 2.05) is 0 Å². The molecule has 3 aromatic rings. The minimum absolute atomic E-state index is 0.0238. The third kappa shape index (κ3) is 3.04. The van der Waals surface area contributed by atoms with Gasteiger partial charge in [-0.25, -0.2) is 22.5 Å². The molecule has 1 aliphatic heterocycles. The van der Waals surface area contributed by atoms with Crippen molar-refractivity contribution in [2.24, 2.45) is 4.99 Å². The fraction of sp³-hybridized carbons (Fsp3) is 0.200. The van der Waals surface area contributed by atoms with E-state index in [2.05, 4.69) is 10.1 Å². The molecule has 2 atom stereocenters. The Bertz CT molecular complexity index is 1190. The van der Waals surface area contributed by atoms with Gasteiger partial charge in [-0.2, -0.15) is 5.10 Å². The summed E-state index contributed by atoms with van der Waals surface area (Å²) in [6.45, 7) is 3.48. The fourth-order valence-electron chi connectivity index (χ4n) is 3.56. The Morgan fingerprint density at radius 1 is 1.07 bits per heavy atom. The summed E-state index contributed by atoms with van der Waals surface area (Å²) >= 11 is 5.84. The van der Waals surface area contributed by atoms with Crippen molar-refractivity contribution in [3.8, 4) is 0 Å². The SMILES string of the molecule is CC1=Nc2cc(C)nn2C(c2ccc(Cl)c(F)c2)C1S(=O)(=O)c1ccccc1. The van der Waals surface area contributed by atoms with Gasteiger partial charge in [0.15, 0.2) is 15.7 Å². The van der Waals surface area contributed by atoms with E-state index >= 15 is 0 Å². The van der Waals surface area contributed by atoms with Crippen LogP contribution in [0, 0.1) is 12.7 Å². The summed E-state index contributed by atoms with van der Waals surface area (Å²) in [5.74, 6) is -0.0736. The van der Waals surface area contributed by atoms with Gasteiger partial charge in [0.1, 0.15) is 17.1 Å². The Balaban J connectivity index is 1.96. The van der Waals surface area contributed by atoms with Crippen LogP contribution in [-0.4, -0.2) is 29.2 Å². The van der Waals surface area contributed by atoms with E-state index in [9.17, 15) is 12.8 Å². The molecular formula is C20H17ClFN3O2S. The Morgan fingerprint density at radius 2 is 1.79 bits per heavy atom. The van der Waals surface area contributed by atoms with Crippen LogP contribution >= 0.6 is 11.6 Å². The van der Waals surface area contributed by atoms with Gasteiger partial charge in [0.2, 0.25) is 0 Å². The first-order chi connectivity index (χ1) is 13.3. The lowest BCUT2D eigenvalue weighted by Gasteiger charge is -2.31. The number of benzene rings is 2. The number of hydrogen-bond donors (Lipinski definition) is 0. The maximum Gasteiger partial charge on any atom is 0.189 e. The van der Waals surface area contributed by atoms with E-state index in [4.69, 9.17) is 11.6 Å². The number of rotatable bonds is 3. The summed E-state index contributed by atoms with van der Waals surface area (Å²) in [5, 5.41) is 3.39. The summed E-state index contributed by atoms with van der Waals surface area (Å²) in [7, 11) is -3.81. The van der Waals surface area contributed by atoms with Crippen LogP contribution in [0.2, 0.25) is 5.02 Å². The molecule has 1 aliphatic rings. The van der Waals surface area contributed by atoms with Crippen LogP contribution in [0.25, 0.3) is 0 Å². The van der Waals surface area contributed by atoms with Crippen LogP contribution in [0.4, 0.5) is 10.2 Å². The van der Waals surface area contributed by atoms with Crippen molar-refractivity contribution in [1.82, 2.24) is 9.78 Å². The molecule has 0 spiro atoms. The maximum atomic E-state index is 14.2. The molecular weight excluding hydrogens is 401 g/mol. The number of aromatic nitrogens is 2. The maximum absolute atomic E-state index is 14.2. The molecule has 0 fully saturated rings. The summed E-state index contributed by atoms with van der Waals surface area (Å²) in [4.78, 5) is 4.66. The van der Waals surface area contributed by atoms with Crippen molar-refractivity contribution in [1.29, 1.82) is 0 Å². The Labute approximate surface area is 167 Å². The predicted octanol–water partition coefficient (Wildman–Crippen LogP) is 4.52. The summed E-state index contributed by atoms with van der Waals surface area (Å²) in [6, 6.07) is 13.5. The van der Waals surface area contributed by atoms with E-state index in [-0.39, 0.29) is 9.92 Å². The zero-order valence-electron chi connectivity index (χ0n) is 15.2. The van der Waals surface area contributed by atoms with Gasteiger partial charge in [-0.05, 0) is 43.7 Å². The molecule has 2 heterocycles. The standard InChI is InChI=1S/C20H17ClFN3O2S/c1-12-10-18-23-13(2)20(28(26,27)15-6-4-3-5-7-15)19(25(18)24-12)14-8-9-16(21)17(22)11-14/h3-11,19-20H,1-2H3. The molecule has 8 heteroatoms. The van der Waals surface area contributed by atoms with E-state index in [0.29, 0.717) is 22.8 Å². The molecule has 0 aliphatic carbocycles. The molecule has 28 heavy (non-hydrogen) atoms. The Morgan fingerprint density at radius 3 is 2.46 bits per heavy atom. The number of halogens is 2. The van der Waals surface area contributed by atoms with Crippen molar-refractivity contribution in [2.45, 2.75) is 30.0 Å². The van der Waals surface area contributed by atoms with E-state index in [0.717, 1.165) is 0 Å². The average Bonchev–Trinajstić information content (AvgIpc) is 3.03. The van der Waals surface area contributed by atoms with Crippen LogP contribution < -0.4 is 0 Å². The topological polar surface area (TPSA) is 64.3 Å². The average molecular weight is 418 g/mol. The predicted molar refractivity (Wildman–Crippen MR) is 107 cm³/mol. The van der Waals surface area contributed by atoms with Crippen LogP contribution in [-0.2, 0) is 9.84 Å². The van der Waals surface area contributed by atoms with Gasteiger partial charge in [-0.15, -0.1) is 0 Å². The second-order valence-electron chi connectivity index (χ2n) is 6.74. The van der Waals surface area contributed by atoms with Crippen LogP contribution in [0.1, 0.15) is 24.2 Å². The van der Waals surface area contributed by atoms with Crippen molar-refractivity contribution in [2.75, 3.05) is 0 Å². The van der Waals surface area contributed by atoms with Crippen LogP contribution in [0.3, 0.4) is 0 Å². The van der Waals surface area contributed by atoms with Gasteiger partial charge in [-0.3, -0.25) is 0 Å². The minimum Gasteiger partial charge on any atom is -0.238 e. The Hall–Kier alpha value is -2.51. The number of sulfone groups is 1. The van der Waals surface area contributed by atoms with Crippen molar-refractivity contribution < 1.29 is 12.8 Å². The van der Waals surface area contributed by atoms with Gasteiger partial charge >= 0.3 is 0 Å². The highest BCUT2D eigenvalue weighted by atomic mass is 35.5. The summed E-state index contributed by atoms with van der Waals surface area (Å²) in [5.41, 5.74) is 1.59. The van der Waals surface area contributed by atoms with E-state index in [1.54, 1.807) is 61.0 Å². The van der Waals surface area contributed by atoms with Gasteiger partial charge < -0.3 is 0 Å². The fourth-order valence-corrected chi connectivity index (χ4v) is 5.62. The lowest BCUT2D eigenvalue weighted by atomic mass is 9.99. The molecule has 2 aromatic carbocycles. The zero-order chi connectivity index (χ0) is 20.1. The number of aryl methyl sites for hydroxylation is 1. The van der Waals surface area contributed by atoms with Gasteiger partial charge in [0.05, 0.1) is 15.6 Å². The third-order valence-electron chi connectivity index (χ3n) is 4.78. The summed E-state index contributed by atoms with van der Waals surface area (Å²) in [6.07, 6.45) is 0. The summed E-state index contributed by atoms with van der Waals surface area (Å²) < 4.78 is 42.8. The molecule has 0 amide bonds. The normalized spacial score (nSPS) is 19.2. The largest absolute Gasteiger partial charge is 0.238 e. The molecule has 0 bridgehead atoms. The van der Waals surface area contributed by atoms with Gasteiger partial charge in [-0.1, -0.05) is 35.9 Å². The number of nitrogens with zero attached hydrogens (tertiary/aromatic N) is 3. The molecule has 0 N–H and O–H groups in total. The molecule has 144 valence electrons. The zero-order valence-corrected chi connectivity index (χ0v) is 16.7. The number of aliphatic imine (C=N–C) groups is 1. The highest BCUT2D eigenvalue weighted by Gasteiger charge is 2.43. The lowest BCUT2D eigenvalue weighted by Crippen LogP contribution is -2.41. The van der Waals surface area contributed by atoms with Gasteiger partial charge in [0, 0.05) is 11.8 Å². The second-order valence-corrected chi connectivity index (χ2v) is 9.22. The highest BCUT2D eigenvalue weighted by molar-refractivity contribution is 7.92. The first-order valence-electron chi connectivity index (χ1n) is 8.64. The molecule has 0 saturated heterocycles. The molecule has 2 unspecified atom stereocenters. The minimum atomic E-state index is -3.81. The number of hydrogen-bond acceptors (Lipinski definition) is 4. The van der Waals surface area contributed by atoms with E-state index in [1.165, 1.54) is 12.1 Å². The first-order valence-corrected chi connectivity index (χ1v) is 10.6. The van der Waals surface area contributed by atoms with Crippen LogP contribution in [0.15, 0.2) is 64.5 Å². The molecule has 0 saturated carbocycles. The quantitative estimate of drug-likeness (QED) is 0.629. The molecule has 0 radical (unpaired) electrons. The lowest BCUT2D eigenvalue weighted by molar-refractivity contribution is 0.505. The first kappa shape index (κ1) is 18.8. The van der Waals surface area contributed by atoms with Gasteiger partial charge in [0.25, 0.3) is 0 Å². The molecule has 5 nitrogen and oxygen atoms in total. The van der Waals surface area contributed by atoms with Crippen molar-refractivity contribution in [3.05, 3.63) is 76.7 Å². The van der Waals surface area contributed by atoms with Crippen LogP contribution in [0.5, 0.6) is 0 Å². The molecule has 4 rings (SSSR count). The highest BCUT2D eigenvalue weighted by Crippen LogP contribution is 2.39. The monoisotopic (exact) mass is 417 g/mol. The van der Waals surface area contributed by atoms with E-state index < -0.39 is 26.9 Å².